The molecule has 0 spiro atoms. The van der Waals surface area contributed by atoms with Gasteiger partial charge in [-0.25, -0.2) is 0 Å². The first kappa shape index (κ1) is 19.8. The number of hydrogen-bond acceptors (Lipinski definition) is 5. The number of anilines is 1. The molecule has 0 saturated heterocycles. The van der Waals surface area contributed by atoms with Crippen LogP contribution in [0.15, 0.2) is 42.5 Å². The zero-order valence-corrected chi connectivity index (χ0v) is 14.7. The van der Waals surface area contributed by atoms with Crippen molar-refractivity contribution < 1.29 is 23.6 Å². The number of carbonyl (C=O) groups is 2. The van der Waals surface area contributed by atoms with Crippen LogP contribution in [0.1, 0.15) is 24.2 Å². The summed E-state index contributed by atoms with van der Waals surface area (Å²) >= 11 is 0. The molecule has 0 atom stereocenters. The number of carbonyl (C=O) groups excluding carboxylic acids is 2. The van der Waals surface area contributed by atoms with E-state index in [1.165, 1.54) is 6.07 Å². The zero-order chi connectivity index (χ0) is 20.0. The van der Waals surface area contributed by atoms with E-state index in [9.17, 15) is 24.1 Å². The van der Waals surface area contributed by atoms with Gasteiger partial charge in [0.2, 0.25) is 5.82 Å². The SMILES string of the molecule is CC(C)NC(=O)c1ccccc1NC(=O)COc1ccc([N+](=O)[O-])c(F)c1. The topological polar surface area (TPSA) is 111 Å². The second kappa shape index (κ2) is 8.75. The molecule has 2 rings (SSSR count). The molecule has 0 heterocycles. The van der Waals surface area contributed by atoms with E-state index in [0.29, 0.717) is 11.3 Å². The maximum atomic E-state index is 13.6. The molecule has 2 aromatic rings. The molecule has 0 bridgehead atoms. The van der Waals surface area contributed by atoms with Crippen LogP contribution in [0.2, 0.25) is 0 Å². The van der Waals surface area contributed by atoms with Crippen LogP contribution in [0.5, 0.6) is 5.75 Å². The third kappa shape index (κ3) is 5.50. The Kier molecular flexibility index (Phi) is 6.42. The smallest absolute Gasteiger partial charge is 0.305 e. The minimum absolute atomic E-state index is 0.0286. The number of nitrogens with zero attached hydrogens (tertiary/aromatic N) is 1. The highest BCUT2D eigenvalue weighted by molar-refractivity contribution is 6.04. The number of rotatable bonds is 7. The van der Waals surface area contributed by atoms with Gasteiger partial charge in [-0.1, -0.05) is 12.1 Å². The second-order valence-corrected chi connectivity index (χ2v) is 5.88. The van der Waals surface area contributed by atoms with Gasteiger partial charge in [-0.3, -0.25) is 19.7 Å². The fraction of sp³-hybridized carbons (Fsp3) is 0.222. The summed E-state index contributed by atoms with van der Waals surface area (Å²) in [5.41, 5.74) is -0.0862. The monoisotopic (exact) mass is 375 g/mol. The molecule has 0 saturated carbocycles. The third-order valence-corrected chi connectivity index (χ3v) is 3.35. The molecule has 8 nitrogen and oxygen atoms in total. The Morgan fingerprint density at radius 3 is 2.56 bits per heavy atom. The van der Waals surface area contributed by atoms with Crippen molar-refractivity contribution in [2.75, 3.05) is 11.9 Å². The molecule has 0 aliphatic rings. The van der Waals surface area contributed by atoms with E-state index in [2.05, 4.69) is 10.6 Å². The minimum atomic E-state index is -1.06. The van der Waals surface area contributed by atoms with Crippen LogP contribution in [-0.2, 0) is 4.79 Å². The molecule has 2 amide bonds. The van der Waals surface area contributed by atoms with Gasteiger partial charge in [-0.2, -0.15) is 4.39 Å². The number of para-hydroxylation sites is 1. The normalized spacial score (nSPS) is 10.4. The summed E-state index contributed by atoms with van der Waals surface area (Å²) in [6.45, 7) is 3.17. The molecule has 2 aromatic carbocycles. The van der Waals surface area contributed by atoms with Crippen molar-refractivity contribution in [3.63, 3.8) is 0 Å². The lowest BCUT2D eigenvalue weighted by Crippen LogP contribution is -2.31. The van der Waals surface area contributed by atoms with E-state index in [1.54, 1.807) is 24.3 Å². The largest absolute Gasteiger partial charge is 0.484 e. The first-order valence-corrected chi connectivity index (χ1v) is 8.04. The Balaban J connectivity index is 2.01. The minimum Gasteiger partial charge on any atom is -0.484 e. The number of amides is 2. The summed E-state index contributed by atoms with van der Waals surface area (Å²) in [6, 6.07) is 9.37. The molecular formula is C18H18FN3O5. The molecule has 0 aliphatic heterocycles. The molecule has 0 radical (unpaired) electrons. The third-order valence-electron chi connectivity index (χ3n) is 3.35. The van der Waals surface area contributed by atoms with Crippen LogP contribution in [0.3, 0.4) is 0 Å². The maximum absolute atomic E-state index is 13.6. The molecule has 0 aromatic heterocycles. The number of nitro benzene ring substituents is 1. The Morgan fingerprint density at radius 2 is 1.93 bits per heavy atom. The van der Waals surface area contributed by atoms with Crippen molar-refractivity contribution in [2.45, 2.75) is 19.9 Å². The van der Waals surface area contributed by atoms with Gasteiger partial charge in [0.05, 0.1) is 16.2 Å². The Bertz CT molecular complexity index is 870. The van der Waals surface area contributed by atoms with Crippen LogP contribution in [0, 0.1) is 15.9 Å². The van der Waals surface area contributed by atoms with Crippen LogP contribution in [-0.4, -0.2) is 29.4 Å². The molecule has 2 N–H and O–H groups in total. The number of nitro groups is 1. The van der Waals surface area contributed by atoms with Crippen molar-refractivity contribution in [1.82, 2.24) is 5.32 Å². The predicted molar refractivity (Wildman–Crippen MR) is 96.2 cm³/mol. The van der Waals surface area contributed by atoms with Crippen molar-refractivity contribution in [3.05, 3.63) is 64.0 Å². The van der Waals surface area contributed by atoms with Gasteiger partial charge >= 0.3 is 5.69 Å². The standard InChI is InChI=1S/C18H18FN3O5/c1-11(2)20-18(24)13-5-3-4-6-15(13)21-17(23)10-27-12-7-8-16(22(25)26)14(19)9-12/h3-9,11H,10H2,1-2H3,(H,20,24)(H,21,23). The van der Waals surface area contributed by atoms with Crippen molar-refractivity contribution in [2.24, 2.45) is 0 Å². The lowest BCUT2D eigenvalue weighted by Gasteiger charge is -2.13. The highest BCUT2D eigenvalue weighted by Gasteiger charge is 2.16. The van der Waals surface area contributed by atoms with Gasteiger partial charge in [0.25, 0.3) is 11.8 Å². The quantitative estimate of drug-likeness (QED) is 0.571. The first-order chi connectivity index (χ1) is 12.8. The molecule has 9 heteroatoms. The van der Waals surface area contributed by atoms with Gasteiger partial charge in [-0.05, 0) is 32.0 Å². The van der Waals surface area contributed by atoms with Crippen molar-refractivity contribution >= 4 is 23.2 Å². The molecular weight excluding hydrogens is 357 g/mol. The molecule has 0 aliphatic carbocycles. The van der Waals surface area contributed by atoms with E-state index < -0.39 is 28.9 Å². The average Bonchev–Trinajstić information content (AvgIpc) is 2.59. The van der Waals surface area contributed by atoms with Crippen LogP contribution < -0.4 is 15.4 Å². The molecule has 142 valence electrons. The van der Waals surface area contributed by atoms with Crippen LogP contribution in [0.25, 0.3) is 0 Å². The lowest BCUT2D eigenvalue weighted by molar-refractivity contribution is -0.387. The highest BCUT2D eigenvalue weighted by Crippen LogP contribution is 2.22. The zero-order valence-electron chi connectivity index (χ0n) is 14.7. The van der Waals surface area contributed by atoms with Crippen LogP contribution in [0.4, 0.5) is 15.8 Å². The number of benzene rings is 2. The Hall–Kier alpha value is -3.49. The molecule has 27 heavy (non-hydrogen) atoms. The van der Waals surface area contributed by atoms with E-state index in [-0.39, 0.29) is 17.7 Å². The van der Waals surface area contributed by atoms with E-state index in [1.807, 2.05) is 13.8 Å². The summed E-state index contributed by atoms with van der Waals surface area (Å²) in [6.07, 6.45) is 0. The summed E-state index contributed by atoms with van der Waals surface area (Å²) in [7, 11) is 0. The van der Waals surface area contributed by atoms with Gasteiger partial charge in [-0.15, -0.1) is 0 Å². The molecule has 0 fully saturated rings. The number of ether oxygens (including phenoxy) is 1. The van der Waals surface area contributed by atoms with Gasteiger partial charge in [0.15, 0.2) is 6.61 Å². The van der Waals surface area contributed by atoms with Crippen LogP contribution >= 0.6 is 0 Å². The van der Waals surface area contributed by atoms with Crippen molar-refractivity contribution in [3.8, 4) is 5.75 Å². The van der Waals surface area contributed by atoms with E-state index in [4.69, 9.17) is 4.74 Å². The number of nitrogens with one attached hydrogen (secondary N) is 2. The summed E-state index contributed by atoms with van der Waals surface area (Å²) < 4.78 is 18.7. The van der Waals surface area contributed by atoms with Gasteiger partial charge in [0.1, 0.15) is 5.75 Å². The Labute approximate surface area is 154 Å². The first-order valence-electron chi connectivity index (χ1n) is 8.04. The molecule has 0 unspecified atom stereocenters. The summed E-state index contributed by atoms with van der Waals surface area (Å²) in [5.74, 6) is -1.99. The van der Waals surface area contributed by atoms with Gasteiger partial charge in [0, 0.05) is 18.2 Å². The highest BCUT2D eigenvalue weighted by atomic mass is 19.1. The van der Waals surface area contributed by atoms with Crippen molar-refractivity contribution in [1.29, 1.82) is 0 Å². The second-order valence-electron chi connectivity index (χ2n) is 5.88. The average molecular weight is 375 g/mol. The van der Waals surface area contributed by atoms with E-state index in [0.717, 1.165) is 12.1 Å². The fourth-order valence-corrected chi connectivity index (χ4v) is 2.19. The number of halogens is 1. The predicted octanol–water partition coefficient (Wildman–Crippen LogP) is 2.89. The van der Waals surface area contributed by atoms with E-state index >= 15 is 0 Å². The fourth-order valence-electron chi connectivity index (χ4n) is 2.19. The summed E-state index contributed by atoms with van der Waals surface area (Å²) in [5, 5.41) is 15.9. The maximum Gasteiger partial charge on any atom is 0.305 e. The Morgan fingerprint density at radius 1 is 1.22 bits per heavy atom. The van der Waals surface area contributed by atoms with Gasteiger partial charge < -0.3 is 15.4 Å². The summed E-state index contributed by atoms with van der Waals surface area (Å²) in [4.78, 5) is 34.0. The lowest BCUT2D eigenvalue weighted by atomic mass is 10.1. The number of hydrogen-bond donors (Lipinski definition) is 2.